The maximum Gasteiger partial charge on any atom is 0.255 e. The van der Waals surface area contributed by atoms with Gasteiger partial charge in [-0.1, -0.05) is 0 Å². The van der Waals surface area contributed by atoms with Crippen molar-refractivity contribution in [3.05, 3.63) is 36.5 Å². The lowest BCUT2D eigenvalue weighted by Gasteiger charge is -2.46. The molecule has 1 N–H and O–H groups in total. The Kier molecular flexibility index (Phi) is 5.99. The van der Waals surface area contributed by atoms with E-state index >= 15 is 0 Å². The van der Waals surface area contributed by atoms with Gasteiger partial charge in [-0.15, -0.1) is 0 Å². The van der Waals surface area contributed by atoms with Crippen LogP contribution in [0.25, 0.3) is 5.69 Å². The average molecular weight is 481 g/mol. The van der Waals surface area contributed by atoms with Gasteiger partial charge in [-0.2, -0.15) is 10.1 Å². The number of hydrogen-bond donors (Lipinski definition) is 1. The number of ether oxygens (including phenoxy) is 3. The summed E-state index contributed by atoms with van der Waals surface area (Å²) in [6, 6.07) is 5.62. The van der Waals surface area contributed by atoms with Crippen LogP contribution < -0.4 is 19.9 Å². The number of fused-ring (bicyclic) bond motifs is 1. The van der Waals surface area contributed by atoms with Gasteiger partial charge in [0.05, 0.1) is 26.5 Å². The lowest BCUT2D eigenvalue weighted by molar-refractivity contribution is -0.124. The molecule has 1 unspecified atom stereocenters. The predicted molar refractivity (Wildman–Crippen MR) is 129 cm³/mol. The van der Waals surface area contributed by atoms with E-state index in [4.69, 9.17) is 19.2 Å². The number of benzene rings is 1. The van der Waals surface area contributed by atoms with Gasteiger partial charge in [0.15, 0.2) is 5.82 Å². The topological polar surface area (TPSA) is 120 Å². The van der Waals surface area contributed by atoms with Crippen molar-refractivity contribution in [1.29, 1.82) is 0 Å². The largest absolute Gasteiger partial charge is 0.494 e. The van der Waals surface area contributed by atoms with Gasteiger partial charge >= 0.3 is 0 Å². The quantitative estimate of drug-likeness (QED) is 0.535. The molecule has 4 heterocycles. The van der Waals surface area contributed by atoms with Crippen molar-refractivity contribution in [2.75, 3.05) is 62.7 Å². The summed E-state index contributed by atoms with van der Waals surface area (Å²) in [5, 5.41) is 7.60. The van der Waals surface area contributed by atoms with E-state index in [-0.39, 0.29) is 5.91 Å². The number of likely N-dealkylation sites (N-methyl/N-ethyl adjacent to an activating group) is 1. The number of methoxy groups -OCH3 is 2. The molecule has 184 valence electrons. The summed E-state index contributed by atoms with van der Waals surface area (Å²) < 4.78 is 18.1. The van der Waals surface area contributed by atoms with E-state index in [0.717, 1.165) is 11.4 Å². The van der Waals surface area contributed by atoms with Crippen molar-refractivity contribution in [2.24, 2.45) is 0 Å². The summed E-state index contributed by atoms with van der Waals surface area (Å²) in [6.45, 7) is 3.49. The van der Waals surface area contributed by atoms with Crippen molar-refractivity contribution in [3.63, 3.8) is 0 Å². The minimum Gasteiger partial charge on any atom is -0.494 e. The molecule has 5 rings (SSSR count). The Labute approximate surface area is 202 Å². The third-order valence-electron chi connectivity index (χ3n) is 6.45. The summed E-state index contributed by atoms with van der Waals surface area (Å²) in [7, 11) is 5.10. The zero-order valence-electron chi connectivity index (χ0n) is 20.2. The smallest absolute Gasteiger partial charge is 0.255 e. The van der Waals surface area contributed by atoms with Crippen molar-refractivity contribution < 1.29 is 19.0 Å². The van der Waals surface area contributed by atoms with Crippen molar-refractivity contribution in [2.45, 2.75) is 18.9 Å². The van der Waals surface area contributed by atoms with Crippen LogP contribution in [0.2, 0.25) is 0 Å². The van der Waals surface area contributed by atoms with E-state index in [1.165, 1.54) is 0 Å². The number of aromatic nitrogens is 5. The Hall–Kier alpha value is -3.77. The summed E-state index contributed by atoms with van der Waals surface area (Å²) >= 11 is 0. The lowest BCUT2D eigenvalue weighted by atomic mass is 9.92. The molecule has 1 amide bonds. The Morgan fingerprint density at radius 3 is 2.77 bits per heavy atom. The molecule has 1 spiro atoms. The maximum absolute atomic E-state index is 13.5. The highest BCUT2D eigenvalue weighted by Gasteiger charge is 2.53. The van der Waals surface area contributed by atoms with Crippen LogP contribution in [0, 0.1) is 6.92 Å². The molecule has 2 aliphatic rings. The second-order valence-corrected chi connectivity index (χ2v) is 8.49. The fourth-order valence-electron chi connectivity index (χ4n) is 4.50. The van der Waals surface area contributed by atoms with Crippen molar-refractivity contribution in [1.82, 2.24) is 24.7 Å². The summed E-state index contributed by atoms with van der Waals surface area (Å²) in [5.41, 5.74) is 1.37. The molecule has 35 heavy (non-hydrogen) atoms. The molecular weight excluding hydrogens is 452 g/mol. The second-order valence-electron chi connectivity index (χ2n) is 8.49. The van der Waals surface area contributed by atoms with E-state index in [1.807, 2.05) is 37.1 Å². The van der Waals surface area contributed by atoms with Crippen LogP contribution >= 0.6 is 0 Å². The number of aryl methyl sites for hydroxylation is 1. The van der Waals surface area contributed by atoms with E-state index in [2.05, 4.69) is 20.4 Å². The SMILES string of the molecule is COCCN1C(=O)C2(CCOC2)N(C)c2nc(Nc3ccc(-n4cnc(C)n4)c(OC)c3)ncc21. The molecule has 3 aromatic rings. The Morgan fingerprint density at radius 1 is 1.23 bits per heavy atom. The third kappa shape index (κ3) is 3.94. The van der Waals surface area contributed by atoms with Crippen molar-refractivity contribution >= 4 is 29.0 Å². The standard InChI is InChI=1S/C23H28N8O4/c1-15-25-14-31(28-15)17-6-5-16(11-19(17)34-4)26-22-24-12-18-20(27-22)29(2)23(7-9-35-13-23)21(32)30(18)8-10-33-3/h5-6,11-12,14H,7-10,13H2,1-4H3,(H,24,26,27). The number of amides is 1. The molecule has 0 aliphatic carbocycles. The highest BCUT2D eigenvalue weighted by molar-refractivity contribution is 6.08. The fourth-order valence-corrected chi connectivity index (χ4v) is 4.50. The van der Waals surface area contributed by atoms with E-state index in [1.54, 1.807) is 36.3 Å². The van der Waals surface area contributed by atoms with Gasteiger partial charge in [-0.05, 0) is 19.1 Å². The first-order valence-electron chi connectivity index (χ1n) is 11.3. The van der Waals surface area contributed by atoms with Gasteiger partial charge in [0.1, 0.15) is 34.8 Å². The Morgan fingerprint density at radius 2 is 2.09 bits per heavy atom. The third-order valence-corrected chi connectivity index (χ3v) is 6.45. The number of carbonyl (C=O) groups excluding carboxylic acids is 1. The lowest BCUT2D eigenvalue weighted by Crippen LogP contribution is -2.63. The monoisotopic (exact) mass is 480 g/mol. The van der Waals surface area contributed by atoms with E-state index in [0.29, 0.717) is 61.8 Å². The zero-order chi connectivity index (χ0) is 24.6. The van der Waals surface area contributed by atoms with E-state index in [9.17, 15) is 4.79 Å². The van der Waals surface area contributed by atoms with Crippen LogP contribution in [0.15, 0.2) is 30.7 Å². The number of hydrogen-bond acceptors (Lipinski definition) is 10. The first kappa shape index (κ1) is 23.0. The minimum atomic E-state index is -0.785. The average Bonchev–Trinajstić information content (AvgIpc) is 3.53. The van der Waals surface area contributed by atoms with Gasteiger partial charge in [-0.25, -0.2) is 14.6 Å². The van der Waals surface area contributed by atoms with Crippen LogP contribution in [-0.4, -0.2) is 83.8 Å². The molecule has 1 atom stereocenters. The first-order chi connectivity index (χ1) is 17.0. The van der Waals surface area contributed by atoms with Crippen LogP contribution in [0.3, 0.4) is 0 Å². The van der Waals surface area contributed by atoms with Gasteiger partial charge < -0.3 is 29.3 Å². The number of nitrogens with zero attached hydrogens (tertiary/aromatic N) is 7. The summed E-state index contributed by atoms with van der Waals surface area (Å²) in [6.07, 6.45) is 3.90. The molecular formula is C23H28N8O4. The van der Waals surface area contributed by atoms with Gasteiger partial charge in [0, 0.05) is 45.5 Å². The number of carbonyl (C=O) groups is 1. The van der Waals surface area contributed by atoms with E-state index < -0.39 is 5.54 Å². The number of nitrogens with one attached hydrogen (secondary N) is 1. The molecule has 1 saturated heterocycles. The molecule has 12 heteroatoms. The van der Waals surface area contributed by atoms with Gasteiger partial charge in [0.2, 0.25) is 5.95 Å². The second kappa shape index (κ2) is 9.12. The molecule has 0 radical (unpaired) electrons. The molecule has 1 aromatic carbocycles. The van der Waals surface area contributed by atoms with Crippen LogP contribution in [-0.2, 0) is 14.3 Å². The number of rotatable bonds is 7. The molecule has 0 saturated carbocycles. The number of anilines is 4. The first-order valence-corrected chi connectivity index (χ1v) is 11.3. The molecule has 2 aliphatic heterocycles. The minimum absolute atomic E-state index is 0.0185. The van der Waals surface area contributed by atoms with Crippen LogP contribution in [0.1, 0.15) is 12.2 Å². The maximum atomic E-state index is 13.5. The van der Waals surface area contributed by atoms with Gasteiger partial charge in [0.25, 0.3) is 5.91 Å². The van der Waals surface area contributed by atoms with Crippen LogP contribution in [0.5, 0.6) is 5.75 Å². The van der Waals surface area contributed by atoms with Gasteiger partial charge in [-0.3, -0.25) is 4.79 Å². The molecule has 1 fully saturated rings. The highest BCUT2D eigenvalue weighted by Crippen LogP contribution is 2.42. The summed E-state index contributed by atoms with van der Waals surface area (Å²) in [5.74, 6) is 2.33. The Balaban J connectivity index is 1.47. The fraction of sp³-hybridized carbons (Fsp3) is 0.435. The highest BCUT2D eigenvalue weighted by atomic mass is 16.5. The van der Waals surface area contributed by atoms with Crippen molar-refractivity contribution in [3.8, 4) is 11.4 Å². The summed E-state index contributed by atoms with van der Waals surface area (Å²) in [4.78, 5) is 30.6. The molecule has 12 nitrogen and oxygen atoms in total. The normalized spacial score (nSPS) is 19.4. The predicted octanol–water partition coefficient (Wildman–Crippen LogP) is 1.71. The van der Waals surface area contributed by atoms with Crippen LogP contribution in [0.4, 0.5) is 23.1 Å². The Bertz CT molecular complexity index is 1240. The zero-order valence-corrected chi connectivity index (χ0v) is 20.2. The molecule has 2 aromatic heterocycles. The molecule has 0 bridgehead atoms.